The molecule has 0 bridgehead atoms. The molecule has 0 amide bonds. The maximum absolute atomic E-state index is 11.4. The van der Waals surface area contributed by atoms with Crippen molar-refractivity contribution in [3.63, 3.8) is 0 Å². The second kappa shape index (κ2) is 10.0. The van der Waals surface area contributed by atoms with E-state index in [0.717, 1.165) is 30.7 Å². The first kappa shape index (κ1) is 19.2. The molecular weight excluding hydrogens is 328 g/mol. The van der Waals surface area contributed by atoms with E-state index in [-0.39, 0.29) is 5.78 Å². The number of hydrogen-bond donors (Lipinski definition) is 0. The summed E-state index contributed by atoms with van der Waals surface area (Å²) in [7, 11) is 0. The van der Waals surface area contributed by atoms with Crippen LogP contribution in [0, 0.1) is 11.3 Å². The third-order valence-electron chi connectivity index (χ3n) is 3.79. The van der Waals surface area contributed by atoms with Crippen molar-refractivity contribution in [3.8, 4) is 6.07 Å². The molecular formula is C21H24N2OS. The molecule has 0 fully saturated rings. The van der Waals surface area contributed by atoms with Crippen LogP contribution in [0.2, 0.25) is 0 Å². The largest absolute Gasteiger partial charge is 0.299 e. The first-order valence-corrected chi connectivity index (χ1v) is 9.38. The molecule has 2 rings (SSSR count). The fourth-order valence-electron chi connectivity index (χ4n) is 2.64. The lowest BCUT2D eigenvalue weighted by molar-refractivity contribution is -0.117. The van der Waals surface area contributed by atoms with Crippen molar-refractivity contribution >= 4 is 17.7 Å². The van der Waals surface area contributed by atoms with E-state index in [1.165, 1.54) is 11.1 Å². The number of carbonyl (C=O) groups excluding carboxylic acids is 1. The Labute approximate surface area is 154 Å². The fourth-order valence-corrected chi connectivity index (χ4v) is 3.74. The van der Waals surface area contributed by atoms with Gasteiger partial charge in [0, 0.05) is 17.0 Å². The van der Waals surface area contributed by atoms with Gasteiger partial charge in [0.2, 0.25) is 0 Å². The zero-order chi connectivity index (χ0) is 18.1. The van der Waals surface area contributed by atoms with Gasteiger partial charge in [0.05, 0.1) is 12.6 Å². The van der Waals surface area contributed by atoms with Crippen LogP contribution in [0.1, 0.15) is 33.1 Å². The predicted octanol–water partition coefficient (Wildman–Crippen LogP) is 5.04. The average Bonchev–Trinajstić information content (AvgIpc) is 2.94. The number of ketones is 1. The van der Waals surface area contributed by atoms with Gasteiger partial charge in [-0.2, -0.15) is 5.26 Å². The minimum Gasteiger partial charge on any atom is -0.299 e. The quantitative estimate of drug-likeness (QED) is 0.602. The lowest BCUT2D eigenvalue weighted by atomic mass is 10.0. The molecule has 2 aliphatic carbocycles. The Kier molecular flexibility index (Phi) is 7.72. The van der Waals surface area contributed by atoms with Gasteiger partial charge in [-0.25, -0.2) is 4.31 Å². The Balaban J connectivity index is 2.10. The van der Waals surface area contributed by atoms with Crippen LogP contribution in [0.5, 0.6) is 0 Å². The van der Waals surface area contributed by atoms with Crippen LogP contribution in [0.25, 0.3) is 0 Å². The summed E-state index contributed by atoms with van der Waals surface area (Å²) in [6.45, 7) is 5.11. The Morgan fingerprint density at radius 1 is 1.28 bits per heavy atom. The van der Waals surface area contributed by atoms with Crippen LogP contribution < -0.4 is 0 Å². The summed E-state index contributed by atoms with van der Waals surface area (Å²) in [6.07, 6.45) is 19.2. The molecule has 0 N–H and O–H groups in total. The lowest BCUT2D eigenvalue weighted by Crippen LogP contribution is -2.22. The molecule has 0 atom stereocenters. The molecule has 0 aromatic heterocycles. The van der Waals surface area contributed by atoms with Gasteiger partial charge < -0.3 is 0 Å². The van der Waals surface area contributed by atoms with Crippen LogP contribution in [-0.4, -0.2) is 23.2 Å². The van der Waals surface area contributed by atoms with Gasteiger partial charge in [0.1, 0.15) is 5.78 Å². The number of hydrogen-bond acceptors (Lipinski definition) is 4. The molecule has 0 saturated carbocycles. The number of carbonyl (C=O) groups is 1. The molecule has 0 aliphatic heterocycles. The molecule has 130 valence electrons. The van der Waals surface area contributed by atoms with Gasteiger partial charge in [-0.05, 0) is 61.4 Å². The van der Waals surface area contributed by atoms with Crippen molar-refractivity contribution in [1.29, 1.82) is 5.26 Å². The molecule has 2 aliphatic rings. The van der Waals surface area contributed by atoms with Gasteiger partial charge in [0.25, 0.3) is 0 Å². The molecule has 0 radical (unpaired) electrons. The number of nitriles is 1. The molecule has 0 unspecified atom stereocenters. The third kappa shape index (κ3) is 6.38. The van der Waals surface area contributed by atoms with E-state index in [2.05, 4.69) is 47.7 Å². The second-order valence-corrected chi connectivity index (χ2v) is 7.19. The van der Waals surface area contributed by atoms with Crippen LogP contribution in [-0.2, 0) is 4.79 Å². The number of nitrogens with zero attached hydrogens (tertiary/aromatic N) is 2. The van der Waals surface area contributed by atoms with Crippen molar-refractivity contribution in [2.24, 2.45) is 0 Å². The van der Waals surface area contributed by atoms with E-state index >= 15 is 0 Å². The van der Waals surface area contributed by atoms with Gasteiger partial charge in [-0.3, -0.25) is 4.79 Å². The van der Waals surface area contributed by atoms with E-state index in [0.29, 0.717) is 12.1 Å². The smallest absolute Gasteiger partial charge is 0.144 e. The van der Waals surface area contributed by atoms with Gasteiger partial charge in [-0.15, -0.1) is 0 Å². The summed E-state index contributed by atoms with van der Waals surface area (Å²) in [5, 5.41) is 9.02. The molecule has 0 heterocycles. The highest BCUT2D eigenvalue weighted by Gasteiger charge is 2.11. The van der Waals surface area contributed by atoms with Crippen LogP contribution in [0.15, 0.2) is 70.2 Å². The molecule has 0 spiro atoms. The monoisotopic (exact) mass is 352 g/mol. The zero-order valence-corrected chi connectivity index (χ0v) is 15.7. The molecule has 0 aromatic carbocycles. The van der Waals surface area contributed by atoms with Crippen molar-refractivity contribution in [1.82, 2.24) is 4.31 Å². The number of allylic oxidation sites excluding steroid dienone is 11. The van der Waals surface area contributed by atoms with Crippen molar-refractivity contribution in [3.05, 3.63) is 70.2 Å². The number of rotatable bonds is 7. The van der Waals surface area contributed by atoms with Gasteiger partial charge >= 0.3 is 0 Å². The Bertz CT molecular complexity index is 729. The Hall–Kier alpha value is -2.09. The minimum absolute atomic E-state index is 0.185. The Morgan fingerprint density at radius 3 is 2.84 bits per heavy atom. The first-order valence-electron chi connectivity index (χ1n) is 8.61. The highest BCUT2D eigenvalue weighted by Crippen LogP contribution is 2.28. The maximum atomic E-state index is 11.4. The summed E-state index contributed by atoms with van der Waals surface area (Å²) in [5.74, 6) is 0.185. The summed E-state index contributed by atoms with van der Waals surface area (Å²) >= 11 is 1.64. The molecule has 0 aromatic rings. The van der Waals surface area contributed by atoms with Crippen molar-refractivity contribution in [2.45, 2.75) is 33.1 Å². The minimum atomic E-state index is 0.185. The average molecular weight is 353 g/mol. The standard InChI is InChI=1S/C21H24N2OS/c1-3-14-23(16-17(2)24)25-21-9-5-8-20(12-13-21)19-7-4-6-18(15-22)10-11-19/h5-7,9-13H,3-4,8,14,16H2,1-2H3. The summed E-state index contributed by atoms with van der Waals surface area (Å²) < 4.78 is 2.12. The van der Waals surface area contributed by atoms with E-state index in [1.54, 1.807) is 18.9 Å². The molecule has 4 heteroatoms. The van der Waals surface area contributed by atoms with E-state index in [4.69, 9.17) is 5.26 Å². The van der Waals surface area contributed by atoms with Crippen molar-refractivity contribution in [2.75, 3.05) is 13.1 Å². The normalized spacial score (nSPS) is 17.0. The predicted molar refractivity (Wildman–Crippen MR) is 106 cm³/mol. The van der Waals surface area contributed by atoms with Crippen molar-refractivity contribution < 1.29 is 4.79 Å². The molecule has 25 heavy (non-hydrogen) atoms. The highest BCUT2D eigenvalue weighted by atomic mass is 32.2. The lowest BCUT2D eigenvalue weighted by Gasteiger charge is -2.19. The second-order valence-electron chi connectivity index (χ2n) is 6.02. The zero-order valence-electron chi connectivity index (χ0n) is 14.9. The van der Waals surface area contributed by atoms with Crippen LogP contribution in [0.4, 0.5) is 0 Å². The van der Waals surface area contributed by atoms with E-state index in [1.807, 2.05) is 18.2 Å². The fraction of sp³-hybridized carbons (Fsp3) is 0.333. The SMILES string of the molecule is CCCN(CC(C)=O)SC1=CC=C(C2=CCC=C(C#N)C=C2)CC=C1. The molecule has 3 nitrogen and oxygen atoms in total. The topological polar surface area (TPSA) is 44.1 Å². The highest BCUT2D eigenvalue weighted by molar-refractivity contribution is 8.01. The van der Waals surface area contributed by atoms with E-state index < -0.39 is 0 Å². The van der Waals surface area contributed by atoms with Crippen LogP contribution >= 0.6 is 11.9 Å². The number of Topliss-reactive ketones (excluding diaryl/α,β-unsaturated/α-hetero) is 1. The van der Waals surface area contributed by atoms with Gasteiger partial charge in [0.15, 0.2) is 0 Å². The third-order valence-corrected chi connectivity index (χ3v) is 4.85. The summed E-state index contributed by atoms with van der Waals surface area (Å²) in [5.41, 5.74) is 3.12. The van der Waals surface area contributed by atoms with E-state index in [9.17, 15) is 4.79 Å². The first-order chi connectivity index (χ1) is 12.1. The van der Waals surface area contributed by atoms with Crippen LogP contribution in [0.3, 0.4) is 0 Å². The Morgan fingerprint density at radius 2 is 2.12 bits per heavy atom. The summed E-state index contributed by atoms with van der Waals surface area (Å²) in [6, 6.07) is 2.20. The molecule has 0 saturated heterocycles. The maximum Gasteiger partial charge on any atom is 0.144 e. The van der Waals surface area contributed by atoms with Gasteiger partial charge in [-0.1, -0.05) is 43.4 Å². The summed E-state index contributed by atoms with van der Waals surface area (Å²) in [4.78, 5) is 12.6.